The van der Waals surface area contributed by atoms with Gasteiger partial charge in [0.2, 0.25) is 0 Å². The summed E-state index contributed by atoms with van der Waals surface area (Å²) >= 11 is 0. The third-order valence-electron chi connectivity index (χ3n) is 8.37. The van der Waals surface area contributed by atoms with Crippen molar-refractivity contribution in [2.24, 2.45) is 5.41 Å². The molecule has 0 amide bonds. The number of nitrogens with zero attached hydrogens (tertiary/aromatic N) is 3. The van der Waals surface area contributed by atoms with Crippen LogP contribution in [0.2, 0.25) is 0 Å². The Morgan fingerprint density at radius 1 is 0.909 bits per heavy atom. The molecule has 2 aliphatic heterocycles. The Labute approximate surface area is 203 Å². The van der Waals surface area contributed by atoms with Gasteiger partial charge in [-0.25, -0.2) is 0 Å². The van der Waals surface area contributed by atoms with Crippen LogP contribution in [0, 0.1) is 5.41 Å². The van der Waals surface area contributed by atoms with Crippen molar-refractivity contribution in [2.75, 3.05) is 55.6 Å². The average Bonchev–Trinajstić information content (AvgIpc) is 2.79. The smallest absolute Gasteiger partial charge is 0.0726 e. The van der Waals surface area contributed by atoms with Crippen molar-refractivity contribution in [2.45, 2.75) is 97.7 Å². The second kappa shape index (κ2) is 11.0. The van der Waals surface area contributed by atoms with Gasteiger partial charge in [-0.2, -0.15) is 0 Å². The van der Waals surface area contributed by atoms with Crippen LogP contribution in [0.25, 0.3) is 0 Å². The van der Waals surface area contributed by atoms with E-state index in [1.165, 1.54) is 89.0 Å². The summed E-state index contributed by atoms with van der Waals surface area (Å²) in [6.07, 6.45) is 9.98. The highest BCUT2D eigenvalue weighted by Gasteiger charge is 2.31. The summed E-state index contributed by atoms with van der Waals surface area (Å²) in [5, 5.41) is 0. The van der Waals surface area contributed by atoms with E-state index in [0.717, 1.165) is 13.1 Å². The molecule has 2 heterocycles. The number of ether oxygens (including phenoxy) is 1. The second-order valence-corrected chi connectivity index (χ2v) is 11.9. The molecule has 2 atom stereocenters. The fourth-order valence-electron chi connectivity index (χ4n) is 6.25. The molecule has 0 radical (unpaired) electrons. The predicted molar refractivity (Wildman–Crippen MR) is 142 cm³/mol. The second-order valence-electron chi connectivity index (χ2n) is 11.9. The number of hydrogen-bond donors (Lipinski definition) is 0. The van der Waals surface area contributed by atoms with E-state index in [0.29, 0.717) is 23.5 Å². The van der Waals surface area contributed by atoms with Crippen LogP contribution in [0.4, 0.5) is 11.4 Å². The van der Waals surface area contributed by atoms with E-state index >= 15 is 0 Å². The molecule has 0 bridgehead atoms. The topological polar surface area (TPSA) is 19.0 Å². The highest BCUT2D eigenvalue weighted by atomic mass is 16.5. The highest BCUT2D eigenvalue weighted by molar-refractivity contribution is 5.64. The third kappa shape index (κ3) is 6.45. The number of piperazine rings is 1. The van der Waals surface area contributed by atoms with Crippen LogP contribution in [-0.2, 0) is 4.74 Å². The predicted octanol–water partition coefficient (Wildman–Crippen LogP) is 6.30. The SMILES string of the molecule is CCCCCN1CCN(c2ccc(N3C[C@@H](C)O[C@@H](C)C3)cc2C2CCC(C)(C)CC2)CC1. The summed E-state index contributed by atoms with van der Waals surface area (Å²) in [4.78, 5) is 7.93. The molecule has 0 unspecified atom stereocenters. The van der Waals surface area contributed by atoms with Crippen LogP contribution >= 0.6 is 0 Å². The number of rotatable bonds is 7. The lowest BCUT2D eigenvalue weighted by Crippen LogP contribution is -2.47. The molecule has 33 heavy (non-hydrogen) atoms. The maximum Gasteiger partial charge on any atom is 0.0726 e. The first-order chi connectivity index (χ1) is 15.8. The van der Waals surface area contributed by atoms with Crippen molar-refractivity contribution in [1.82, 2.24) is 4.90 Å². The third-order valence-corrected chi connectivity index (χ3v) is 8.37. The maximum atomic E-state index is 6.02. The molecule has 0 spiro atoms. The molecule has 0 N–H and O–H groups in total. The van der Waals surface area contributed by atoms with Crippen molar-refractivity contribution in [3.8, 4) is 0 Å². The standard InChI is InChI=1S/C29H49N3O/c1-6-7-8-15-30-16-18-31(19-17-30)28-10-9-26(32-21-23(2)33-24(3)22-32)20-27(28)25-11-13-29(4,5)14-12-25/h9-10,20,23-25H,6-8,11-19,21-22H2,1-5H3/t23-,24+. The van der Waals surface area contributed by atoms with Crippen molar-refractivity contribution in [3.05, 3.63) is 23.8 Å². The van der Waals surface area contributed by atoms with Crippen molar-refractivity contribution >= 4 is 11.4 Å². The largest absolute Gasteiger partial charge is 0.372 e. The van der Waals surface area contributed by atoms with Gasteiger partial charge in [-0.3, -0.25) is 4.90 Å². The summed E-state index contributed by atoms with van der Waals surface area (Å²) in [5.74, 6) is 0.700. The van der Waals surface area contributed by atoms with Crippen LogP contribution in [-0.4, -0.2) is 62.9 Å². The number of benzene rings is 1. The van der Waals surface area contributed by atoms with E-state index in [1.54, 1.807) is 5.56 Å². The Hall–Kier alpha value is -1.26. The van der Waals surface area contributed by atoms with E-state index in [-0.39, 0.29) is 0 Å². The van der Waals surface area contributed by atoms with Gasteiger partial charge in [-0.1, -0.05) is 33.6 Å². The minimum Gasteiger partial charge on any atom is -0.372 e. The van der Waals surface area contributed by atoms with Gasteiger partial charge < -0.3 is 14.5 Å². The molecule has 186 valence electrons. The molecule has 1 saturated carbocycles. The zero-order valence-corrected chi connectivity index (χ0v) is 22.1. The Morgan fingerprint density at radius 3 is 2.21 bits per heavy atom. The lowest BCUT2D eigenvalue weighted by molar-refractivity contribution is -0.00522. The normalized spacial score (nSPS) is 27.2. The van der Waals surface area contributed by atoms with Gasteiger partial charge in [0.25, 0.3) is 0 Å². The number of unbranched alkanes of at least 4 members (excludes halogenated alkanes) is 2. The zero-order chi connectivity index (χ0) is 23.4. The van der Waals surface area contributed by atoms with Gasteiger partial charge in [-0.15, -0.1) is 0 Å². The maximum absolute atomic E-state index is 6.02. The molecular weight excluding hydrogens is 406 g/mol. The van der Waals surface area contributed by atoms with Crippen molar-refractivity contribution in [1.29, 1.82) is 0 Å². The Bertz CT molecular complexity index is 735. The molecular formula is C29H49N3O. The van der Waals surface area contributed by atoms with Gasteiger partial charge in [0.15, 0.2) is 0 Å². The number of hydrogen-bond acceptors (Lipinski definition) is 4. The van der Waals surface area contributed by atoms with E-state index in [9.17, 15) is 0 Å². The first-order valence-corrected chi connectivity index (χ1v) is 13.9. The zero-order valence-electron chi connectivity index (χ0n) is 22.1. The van der Waals surface area contributed by atoms with E-state index in [4.69, 9.17) is 4.74 Å². The summed E-state index contributed by atoms with van der Waals surface area (Å²) in [6, 6.07) is 7.42. The minimum absolute atomic E-state index is 0.299. The van der Waals surface area contributed by atoms with Gasteiger partial charge in [0, 0.05) is 50.6 Å². The van der Waals surface area contributed by atoms with Crippen molar-refractivity contribution in [3.63, 3.8) is 0 Å². The molecule has 3 fully saturated rings. The minimum atomic E-state index is 0.299. The van der Waals surface area contributed by atoms with Crippen LogP contribution in [0.1, 0.15) is 91.0 Å². The monoisotopic (exact) mass is 455 g/mol. The molecule has 1 aliphatic carbocycles. The molecule has 2 saturated heterocycles. The summed E-state index contributed by atoms with van der Waals surface area (Å²) in [7, 11) is 0. The molecule has 1 aromatic rings. The first kappa shape index (κ1) is 24.9. The van der Waals surface area contributed by atoms with Gasteiger partial charge >= 0.3 is 0 Å². The van der Waals surface area contributed by atoms with Crippen LogP contribution in [0.3, 0.4) is 0 Å². The quantitative estimate of drug-likeness (QED) is 0.449. The average molecular weight is 456 g/mol. The molecule has 1 aromatic carbocycles. The van der Waals surface area contributed by atoms with Gasteiger partial charge in [-0.05, 0) is 87.6 Å². The molecule has 4 heteroatoms. The summed E-state index contributed by atoms with van der Waals surface area (Å²) < 4.78 is 6.02. The number of morpholine rings is 1. The first-order valence-electron chi connectivity index (χ1n) is 13.9. The highest BCUT2D eigenvalue weighted by Crippen LogP contribution is 2.46. The molecule has 3 aliphatic rings. The lowest BCUT2D eigenvalue weighted by Gasteiger charge is -2.41. The van der Waals surface area contributed by atoms with Crippen LogP contribution in [0.5, 0.6) is 0 Å². The molecule has 4 rings (SSSR count). The van der Waals surface area contributed by atoms with E-state index < -0.39 is 0 Å². The van der Waals surface area contributed by atoms with Crippen LogP contribution < -0.4 is 9.80 Å². The molecule has 0 aromatic heterocycles. The van der Waals surface area contributed by atoms with Gasteiger partial charge in [0.1, 0.15) is 0 Å². The van der Waals surface area contributed by atoms with Crippen LogP contribution in [0.15, 0.2) is 18.2 Å². The Balaban J connectivity index is 1.52. The fourth-order valence-corrected chi connectivity index (χ4v) is 6.25. The van der Waals surface area contributed by atoms with E-state index in [2.05, 4.69) is 67.5 Å². The number of anilines is 2. The Morgan fingerprint density at radius 2 is 1.58 bits per heavy atom. The summed E-state index contributed by atoms with van der Waals surface area (Å²) in [6.45, 7) is 19.7. The fraction of sp³-hybridized carbons (Fsp3) is 0.793. The van der Waals surface area contributed by atoms with Gasteiger partial charge in [0.05, 0.1) is 12.2 Å². The summed E-state index contributed by atoms with van der Waals surface area (Å²) in [5.41, 5.74) is 5.05. The van der Waals surface area contributed by atoms with Crippen molar-refractivity contribution < 1.29 is 4.74 Å². The lowest BCUT2D eigenvalue weighted by atomic mass is 9.71. The van der Waals surface area contributed by atoms with E-state index in [1.807, 2.05) is 0 Å². The molecule has 4 nitrogen and oxygen atoms in total. The Kier molecular flexibility index (Phi) is 8.28.